The number of benzene rings is 2. The Balaban J connectivity index is 1.79. The monoisotopic (exact) mass is 354 g/mol. The van der Waals surface area contributed by atoms with Crippen LogP contribution in [0.15, 0.2) is 48.6 Å². The maximum absolute atomic E-state index is 11.0. The minimum absolute atomic E-state index is 0.0515. The zero-order valence-corrected chi connectivity index (χ0v) is 14.4. The predicted octanol–water partition coefficient (Wildman–Crippen LogP) is 3.54. The summed E-state index contributed by atoms with van der Waals surface area (Å²) in [7, 11) is 1.64. The van der Waals surface area contributed by atoms with Gasteiger partial charge in [-0.25, -0.2) is 0 Å². The number of methoxy groups -OCH3 is 1. The van der Waals surface area contributed by atoms with Gasteiger partial charge in [0.2, 0.25) is 0 Å². The summed E-state index contributed by atoms with van der Waals surface area (Å²) in [5.41, 5.74) is 3.21. The molecule has 3 atom stereocenters. The van der Waals surface area contributed by atoms with Crippen molar-refractivity contribution in [3.05, 3.63) is 70.3 Å². The fraction of sp³-hybridized carbons (Fsp3) is 0.250. The van der Waals surface area contributed by atoms with Crippen LogP contribution in [0.5, 0.6) is 5.75 Å². The fourth-order valence-electron chi connectivity index (χ4n) is 3.96. The third-order valence-corrected chi connectivity index (χ3v) is 5.48. The van der Waals surface area contributed by atoms with E-state index in [4.69, 9.17) is 16.3 Å². The van der Waals surface area contributed by atoms with E-state index in [0.717, 1.165) is 34.0 Å². The zero-order valence-electron chi connectivity index (χ0n) is 13.7. The van der Waals surface area contributed by atoms with Crippen LogP contribution in [0.4, 0.5) is 5.69 Å². The van der Waals surface area contributed by atoms with E-state index in [9.17, 15) is 9.90 Å². The number of hydrogen-bond acceptors (Lipinski definition) is 4. The lowest BCUT2D eigenvalue weighted by Gasteiger charge is -2.38. The van der Waals surface area contributed by atoms with E-state index >= 15 is 0 Å². The molecule has 0 bridgehead atoms. The van der Waals surface area contributed by atoms with Gasteiger partial charge in [-0.1, -0.05) is 48.0 Å². The second-order valence-corrected chi connectivity index (χ2v) is 6.83. The molecule has 2 aromatic rings. The predicted molar refractivity (Wildman–Crippen MR) is 95.1 cm³/mol. The number of allylic oxidation sites excluding steroid dienone is 2. The summed E-state index contributed by atoms with van der Waals surface area (Å²) in [4.78, 5) is 11.0. The molecule has 1 heterocycles. The molecule has 0 radical (unpaired) electrons. The molecule has 1 aliphatic heterocycles. The molecular weight excluding hydrogens is 338 g/mol. The molecule has 4 nitrogen and oxygen atoms in total. The number of ether oxygens (including phenoxy) is 1. The molecule has 0 unspecified atom stereocenters. The molecule has 0 spiro atoms. The van der Waals surface area contributed by atoms with Gasteiger partial charge in [0.05, 0.1) is 24.8 Å². The van der Waals surface area contributed by atoms with Crippen LogP contribution in [0.3, 0.4) is 0 Å². The Labute approximate surface area is 151 Å². The molecule has 0 saturated carbocycles. The van der Waals surface area contributed by atoms with Crippen molar-refractivity contribution in [3.8, 4) is 5.75 Å². The minimum atomic E-state index is -1.16. The Morgan fingerprint density at radius 1 is 1.24 bits per heavy atom. The van der Waals surface area contributed by atoms with Crippen LogP contribution in [0.25, 0.3) is 0 Å². The maximum atomic E-state index is 11.0. The number of carboxylic acid groups (broad SMARTS) is 1. The molecule has 0 amide bonds. The van der Waals surface area contributed by atoms with Gasteiger partial charge in [0.1, 0.15) is 5.75 Å². The van der Waals surface area contributed by atoms with Crippen molar-refractivity contribution < 1.29 is 14.6 Å². The van der Waals surface area contributed by atoms with Crippen molar-refractivity contribution in [3.63, 3.8) is 0 Å². The number of carbonyl (C=O) groups is 1. The number of halogens is 1. The number of nitrogens with one attached hydrogen (secondary N) is 1. The summed E-state index contributed by atoms with van der Waals surface area (Å²) in [5.74, 6) is 0.132. The molecule has 5 heteroatoms. The number of anilines is 1. The third-order valence-electron chi connectivity index (χ3n) is 5.15. The fourth-order valence-corrected chi connectivity index (χ4v) is 4.25. The molecule has 25 heavy (non-hydrogen) atoms. The van der Waals surface area contributed by atoms with Crippen molar-refractivity contribution in [2.75, 3.05) is 12.4 Å². The SMILES string of the molecule is COc1ccc(Cl)c2c1N[C@@H](c1ccc(C(=O)[O-])cc1)[C@H]1CC=C[C@@H]21. The van der Waals surface area contributed by atoms with Gasteiger partial charge in [-0.2, -0.15) is 0 Å². The molecule has 2 aliphatic rings. The van der Waals surface area contributed by atoms with Crippen LogP contribution in [-0.4, -0.2) is 13.1 Å². The van der Waals surface area contributed by atoms with Gasteiger partial charge in [0.25, 0.3) is 0 Å². The lowest BCUT2D eigenvalue weighted by Crippen LogP contribution is -2.29. The Hall–Kier alpha value is -2.46. The molecule has 0 aromatic heterocycles. The first kappa shape index (κ1) is 16.0. The normalized spacial score (nSPS) is 23.5. The van der Waals surface area contributed by atoms with Crippen molar-refractivity contribution >= 4 is 23.3 Å². The summed E-state index contributed by atoms with van der Waals surface area (Å²) < 4.78 is 5.52. The molecule has 0 fully saturated rings. The average Bonchev–Trinajstić information content (AvgIpc) is 3.11. The first-order valence-electron chi connectivity index (χ1n) is 8.21. The summed E-state index contributed by atoms with van der Waals surface area (Å²) >= 11 is 6.49. The number of carboxylic acids is 1. The minimum Gasteiger partial charge on any atom is -0.545 e. The molecule has 2 aromatic carbocycles. The Morgan fingerprint density at radius 2 is 2.00 bits per heavy atom. The zero-order chi connectivity index (χ0) is 17.6. The quantitative estimate of drug-likeness (QED) is 0.856. The number of fused-ring (bicyclic) bond motifs is 3. The van der Waals surface area contributed by atoms with E-state index in [-0.39, 0.29) is 17.5 Å². The van der Waals surface area contributed by atoms with Gasteiger partial charge in [-0.05, 0) is 35.6 Å². The van der Waals surface area contributed by atoms with Gasteiger partial charge in [-0.3, -0.25) is 0 Å². The topological polar surface area (TPSA) is 61.4 Å². The van der Waals surface area contributed by atoms with Crippen LogP contribution in [0.2, 0.25) is 5.02 Å². The summed E-state index contributed by atoms with van der Waals surface area (Å²) in [5, 5.41) is 15.3. The van der Waals surface area contributed by atoms with Crippen LogP contribution in [0, 0.1) is 5.92 Å². The van der Waals surface area contributed by atoms with Crippen molar-refractivity contribution in [1.29, 1.82) is 0 Å². The van der Waals surface area contributed by atoms with Crippen LogP contribution in [0.1, 0.15) is 39.9 Å². The first-order chi connectivity index (χ1) is 12.1. The van der Waals surface area contributed by atoms with E-state index < -0.39 is 5.97 Å². The van der Waals surface area contributed by atoms with Crippen LogP contribution < -0.4 is 15.2 Å². The van der Waals surface area contributed by atoms with Crippen LogP contribution in [-0.2, 0) is 0 Å². The standard InChI is InChI=1S/C20H18ClNO3/c1-25-16-10-9-15(21)17-13-3-2-4-14(13)18(22-19(16)17)11-5-7-12(8-6-11)20(23)24/h2-3,5-10,13-14,18,22H,4H2,1H3,(H,23,24)/p-1/t13-,14+,18+/m1/s1. The summed E-state index contributed by atoms with van der Waals surface area (Å²) in [6.45, 7) is 0. The van der Waals surface area contributed by atoms with E-state index in [1.807, 2.05) is 24.3 Å². The van der Waals surface area contributed by atoms with Gasteiger partial charge in [-0.15, -0.1) is 0 Å². The largest absolute Gasteiger partial charge is 0.545 e. The van der Waals surface area contributed by atoms with E-state index in [1.165, 1.54) is 0 Å². The molecule has 1 N–H and O–H groups in total. The lowest BCUT2D eigenvalue weighted by molar-refractivity contribution is -0.255. The number of rotatable bonds is 3. The molecule has 1 aliphatic carbocycles. The number of carbonyl (C=O) groups excluding carboxylic acids is 1. The summed E-state index contributed by atoms with van der Waals surface area (Å²) in [6, 6.07) is 10.7. The van der Waals surface area contributed by atoms with E-state index in [0.29, 0.717) is 5.92 Å². The van der Waals surface area contributed by atoms with Crippen molar-refractivity contribution in [2.45, 2.75) is 18.4 Å². The molecule has 4 rings (SSSR count). The van der Waals surface area contributed by atoms with Gasteiger partial charge >= 0.3 is 0 Å². The molecule has 0 saturated heterocycles. The van der Waals surface area contributed by atoms with Gasteiger partial charge in [0, 0.05) is 16.5 Å². The molecule has 128 valence electrons. The first-order valence-corrected chi connectivity index (χ1v) is 8.59. The molecular formula is C20H17ClNO3-. The highest BCUT2D eigenvalue weighted by Crippen LogP contribution is 2.54. The maximum Gasteiger partial charge on any atom is 0.142 e. The van der Waals surface area contributed by atoms with Crippen LogP contribution >= 0.6 is 11.6 Å². The summed E-state index contributed by atoms with van der Waals surface area (Å²) in [6.07, 6.45) is 5.33. The Kier molecular flexibility index (Phi) is 3.92. The average molecular weight is 355 g/mol. The number of aromatic carboxylic acids is 1. The lowest BCUT2D eigenvalue weighted by atomic mass is 9.76. The second kappa shape index (κ2) is 6.12. The second-order valence-electron chi connectivity index (χ2n) is 6.42. The van der Waals surface area contributed by atoms with E-state index in [2.05, 4.69) is 17.5 Å². The highest BCUT2D eigenvalue weighted by Gasteiger charge is 2.40. The number of hydrogen-bond donors (Lipinski definition) is 1. The van der Waals surface area contributed by atoms with Crippen molar-refractivity contribution in [2.24, 2.45) is 5.92 Å². The third kappa shape index (κ3) is 2.57. The van der Waals surface area contributed by atoms with Gasteiger partial charge in [0.15, 0.2) is 0 Å². The van der Waals surface area contributed by atoms with Gasteiger partial charge < -0.3 is 20.0 Å². The Bertz CT molecular complexity index is 860. The van der Waals surface area contributed by atoms with Crippen molar-refractivity contribution in [1.82, 2.24) is 0 Å². The highest BCUT2D eigenvalue weighted by molar-refractivity contribution is 6.32. The highest BCUT2D eigenvalue weighted by atomic mass is 35.5. The smallest absolute Gasteiger partial charge is 0.142 e. The van der Waals surface area contributed by atoms with E-state index in [1.54, 1.807) is 19.2 Å². The Morgan fingerprint density at radius 3 is 2.68 bits per heavy atom.